The van der Waals surface area contributed by atoms with Gasteiger partial charge in [0.2, 0.25) is 11.8 Å². The van der Waals surface area contributed by atoms with Crippen LogP contribution in [0.5, 0.6) is 0 Å². The summed E-state index contributed by atoms with van der Waals surface area (Å²) in [4.78, 5) is 27.6. The fourth-order valence-corrected chi connectivity index (χ4v) is 5.26. The molecule has 0 bridgehead atoms. The molecule has 0 saturated heterocycles. The van der Waals surface area contributed by atoms with Crippen molar-refractivity contribution in [2.45, 2.75) is 38.3 Å². The largest absolute Gasteiger partial charge is 0.357 e. The summed E-state index contributed by atoms with van der Waals surface area (Å²) >= 11 is 6.00. The van der Waals surface area contributed by atoms with Gasteiger partial charge < -0.3 is 10.2 Å². The van der Waals surface area contributed by atoms with Crippen LogP contribution in [0.15, 0.2) is 77.7 Å². The van der Waals surface area contributed by atoms with Crippen molar-refractivity contribution in [3.8, 4) is 0 Å². The standard InChI is InChI=1S/C27H30ClN3O4S/c1-19-8-14-25(15-9-19)36(34,35)31(24-7-5-6-20(2)16-24)18-26(32)30(21(3)27(33)29-4)17-22-10-12-23(28)13-11-22/h5-16,21H,17-18H2,1-4H3,(H,29,33)/t21-/m0/s1. The number of nitrogens with zero attached hydrogens (tertiary/aromatic N) is 2. The molecule has 0 aromatic heterocycles. The van der Waals surface area contributed by atoms with Gasteiger partial charge in [-0.1, -0.05) is 53.6 Å². The lowest BCUT2D eigenvalue weighted by Gasteiger charge is -2.32. The zero-order chi connectivity index (χ0) is 26.5. The molecule has 0 aliphatic rings. The van der Waals surface area contributed by atoms with Gasteiger partial charge in [0, 0.05) is 18.6 Å². The van der Waals surface area contributed by atoms with Crippen LogP contribution in [0, 0.1) is 13.8 Å². The number of halogens is 1. The maximum absolute atomic E-state index is 13.7. The van der Waals surface area contributed by atoms with Gasteiger partial charge in [0.05, 0.1) is 10.6 Å². The molecule has 0 aliphatic carbocycles. The summed E-state index contributed by atoms with van der Waals surface area (Å²) in [6.45, 7) is 4.96. The molecule has 36 heavy (non-hydrogen) atoms. The van der Waals surface area contributed by atoms with Crippen molar-refractivity contribution in [2.24, 2.45) is 0 Å². The Morgan fingerprint density at radius 3 is 2.17 bits per heavy atom. The van der Waals surface area contributed by atoms with E-state index in [0.29, 0.717) is 10.7 Å². The first-order chi connectivity index (χ1) is 17.0. The molecule has 1 atom stereocenters. The number of anilines is 1. The molecule has 0 spiro atoms. The van der Waals surface area contributed by atoms with Gasteiger partial charge >= 0.3 is 0 Å². The molecule has 190 valence electrons. The van der Waals surface area contributed by atoms with Gasteiger partial charge in [0.15, 0.2) is 0 Å². The van der Waals surface area contributed by atoms with Crippen molar-refractivity contribution in [3.05, 3.63) is 94.5 Å². The van der Waals surface area contributed by atoms with Crippen LogP contribution >= 0.6 is 11.6 Å². The monoisotopic (exact) mass is 527 g/mol. The third-order valence-electron chi connectivity index (χ3n) is 5.86. The number of rotatable bonds is 9. The number of nitrogens with one attached hydrogen (secondary N) is 1. The average Bonchev–Trinajstić information content (AvgIpc) is 2.86. The number of hydrogen-bond donors (Lipinski definition) is 1. The van der Waals surface area contributed by atoms with Crippen molar-refractivity contribution in [1.29, 1.82) is 0 Å². The fraction of sp³-hybridized carbons (Fsp3) is 0.259. The second-order valence-corrected chi connectivity index (χ2v) is 10.9. The smallest absolute Gasteiger partial charge is 0.264 e. The van der Waals surface area contributed by atoms with Gasteiger partial charge in [-0.3, -0.25) is 13.9 Å². The molecule has 3 aromatic rings. The predicted octanol–water partition coefficient (Wildman–Crippen LogP) is 4.32. The first-order valence-corrected chi connectivity index (χ1v) is 13.3. The molecule has 0 heterocycles. The normalized spacial score (nSPS) is 12.0. The zero-order valence-electron chi connectivity index (χ0n) is 20.7. The highest BCUT2D eigenvalue weighted by atomic mass is 35.5. The highest BCUT2D eigenvalue weighted by Gasteiger charge is 2.32. The average molecular weight is 528 g/mol. The minimum Gasteiger partial charge on any atom is -0.357 e. The van der Waals surface area contributed by atoms with E-state index < -0.39 is 28.5 Å². The quantitative estimate of drug-likeness (QED) is 0.449. The van der Waals surface area contributed by atoms with E-state index in [1.165, 1.54) is 24.1 Å². The number of likely N-dealkylation sites (N-methyl/N-ethyl adjacent to an activating group) is 1. The molecule has 1 N–H and O–H groups in total. The highest BCUT2D eigenvalue weighted by molar-refractivity contribution is 7.92. The third kappa shape index (κ3) is 6.44. The van der Waals surface area contributed by atoms with Gasteiger partial charge in [-0.15, -0.1) is 0 Å². The van der Waals surface area contributed by atoms with Crippen molar-refractivity contribution in [1.82, 2.24) is 10.2 Å². The Kier molecular flexibility index (Phi) is 8.76. The van der Waals surface area contributed by atoms with Crippen molar-refractivity contribution in [2.75, 3.05) is 17.9 Å². The Morgan fingerprint density at radius 1 is 0.944 bits per heavy atom. The molecule has 2 amide bonds. The van der Waals surface area contributed by atoms with Gasteiger partial charge in [-0.2, -0.15) is 0 Å². The molecule has 9 heteroatoms. The Bertz CT molecular complexity index is 1330. The lowest BCUT2D eigenvalue weighted by Crippen LogP contribution is -2.50. The predicted molar refractivity (Wildman–Crippen MR) is 142 cm³/mol. The third-order valence-corrected chi connectivity index (χ3v) is 7.90. The number of amides is 2. The maximum atomic E-state index is 13.7. The van der Waals surface area contributed by atoms with E-state index in [0.717, 1.165) is 21.0 Å². The van der Waals surface area contributed by atoms with Gasteiger partial charge in [-0.05, 0) is 68.3 Å². The molecule has 0 aliphatic heterocycles. The summed E-state index contributed by atoms with van der Waals surface area (Å²) in [6, 6.07) is 19.5. The molecule has 0 radical (unpaired) electrons. The summed E-state index contributed by atoms with van der Waals surface area (Å²) in [5, 5.41) is 3.11. The lowest BCUT2D eigenvalue weighted by atomic mass is 10.1. The van der Waals surface area contributed by atoms with Crippen LogP contribution in [0.3, 0.4) is 0 Å². The van der Waals surface area contributed by atoms with E-state index in [1.807, 2.05) is 19.9 Å². The molecular formula is C27H30ClN3O4S. The van der Waals surface area contributed by atoms with Gasteiger partial charge in [-0.25, -0.2) is 8.42 Å². The highest BCUT2D eigenvalue weighted by Crippen LogP contribution is 2.25. The van der Waals surface area contributed by atoms with Crippen LogP contribution in [0.1, 0.15) is 23.6 Å². The Labute approximate surface area is 217 Å². The second-order valence-electron chi connectivity index (χ2n) is 8.60. The van der Waals surface area contributed by atoms with E-state index in [-0.39, 0.29) is 17.3 Å². The van der Waals surface area contributed by atoms with E-state index in [2.05, 4.69) is 5.32 Å². The summed E-state index contributed by atoms with van der Waals surface area (Å²) in [6.07, 6.45) is 0. The minimum atomic E-state index is -4.08. The molecule has 0 fully saturated rings. The van der Waals surface area contributed by atoms with Crippen LogP contribution < -0.4 is 9.62 Å². The van der Waals surface area contributed by atoms with Gasteiger partial charge in [0.1, 0.15) is 12.6 Å². The summed E-state index contributed by atoms with van der Waals surface area (Å²) in [5.41, 5.74) is 2.89. The topological polar surface area (TPSA) is 86.8 Å². The van der Waals surface area contributed by atoms with Crippen molar-refractivity contribution in [3.63, 3.8) is 0 Å². The molecule has 3 rings (SSSR count). The van der Waals surface area contributed by atoms with Crippen molar-refractivity contribution >= 4 is 39.1 Å². The first kappa shape index (κ1) is 27.2. The fourth-order valence-electron chi connectivity index (χ4n) is 3.73. The Balaban J connectivity index is 2.02. The summed E-state index contributed by atoms with van der Waals surface area (Å²) < 4.78 is 28.6. The molecule has 7 nitrogen and oxygen atoms in total. The molecule has 0 unspecified atom stereocenters. The molecule has 3 aromatic carbocycles. The number of aryl methyl sites for hydroxylation is 2. The van der Waals surface area contributed by atoms with E-state index in [9.17, 15) is 18.0 Å². The minimum absolute atomic E-state index is 0.0750. The number of hydrogen-bond acceptors (Lipinski definition) is 4. The summed E-state index contributed by atoms with van der Waals surface area (Å²) in [5.74, 6) is -0.876. The number of carbonyl (C=O) groups is 2. The van der Waals surface area contributed by atoms with E-state index in [4.69, 9.17) is 11.6 Å². The number of sulfonamides is 1. The zero-order valence-corrected chi connectivity index (χ0v) is 22.3. The lowest BCUT2D eigenvalue weighted by molar-refractivity contribution is -0.139. The Hall–Kier alpha value is -3.36. The maximum Gasteiger partial charge on any atom is 0.264 e. The van der Waals surface area contributed by atoms with Crippen LogP contribution in [-0.2, 0) is 26.2 Å². The van der Waals surface area contributed by atoms with Crippen molar-refractivity contribution < 1.29 is 18.0 Å². The molecular weight excluding hydrogens is 498 g/mol. The van der Waals surface area contributed by atoms with Crippen LogP contribution in [0.2, 0.25) is 5.02 Å². The van der Waals surface area contributed by atoms with Crippen LogP contribution in [-0.4, -0.2) is 44.8 Å². The summed E-state index contributed by atoms with van der Waals surface area (Å²) in [7, 11) is -2.59. The molecule has 0 saturated carbocycles. The SMILES string of the molecule is CNC(=O)[C@H](C)N(Cc1ccc(Cl)cc1)C(=O)CN(c1cccc(C)c1)S(=O)(=O)c1ccc(C)cc1. The second kappa shape index (κ2) is 11.6. The van der Waals surface area contributed by atoms with E-state index in [1.54, 1.807) is 61.5 Å². The van der Waals surface area contributed by atoms with E-state index >= 15 is 0 Å². The van der Waals surface area contributed by atoms with Crippen LogP contribution in [0.25, 0.3) is 0 Å². The number of benzene rings is 3. The number of carbonyl (C=O) groups excluding carboxylic acids is 2. The van der Waals surface area contributed by atoms with Gasteiger partial charge in [0.25, 0.3) is 10.0 Å². The Morgan fingerprint density at radius 2 is 1.58 bits per heavy atom. The van der Waals surface area contributed by atoms with Crippen LogP contribution in [0.4, 0.5) is 5.69 Å². The first-order valence-electron chi connectivity index (χ1n) is 11.4.